The number of carbonyl (C=O) groups is 1. The molecule has 1 amide bonds. The van der Waals surface area contributed by atoms with E-state index in [1.807, 2.05) is 12.3 Å². The Morgan fingerprint density at radius 2 is 2.26 bits per heavy atom. The van der Waals surface area contributed by atoms with Crippen molar-refractivity contribution in [2.75, 3.05) is 0 Å². The van der Waals surface area contributed by atoms with Crippen LogP contribution in [0.2, 0.25) is 0 Å². The number of nitro benzene ring substituents is 1. The molecule has 0 aliphatic carbocycles. The summed E-state index contributed by atoms with van der Waals surface area (Å²) >= 11 is 0. The lowest BCUT2D eigenvalue weighted by Crippen LogP contribution is -2.42. The van der Waals surface area contributed by atoms with Crippen molar-refractivity contribution in [3.63, 3.8) is 0 Å². The number of nitro groups is 1. The van der Waals surface area contributed by atoms with E-state index in [1.54, 1.807) is 6.92 Å². The number of amides is 1. The van der Waals surface area contributed by atoms with Gasteiger partial charge in [-0.3, -0.25) is 20.3 Å². The Morgan fingerprint density at radius 1 is 1.58 bits per heavy atom. The molecule has 0 fully saturated rings. The largest absolute Gasteiger partial charge is 0.481 e. The van der Waals surface area contributed by atoms with Gasteiger partial charge in [0.2, 0.25) is 0 Å². The van der Waals surface area contributed by atoms with Gasteiger partial charge in [-0.05, 0) is 25.5 Å². The van der Waals surface area contributed by atoms with Crippen molar-refractivity contribution in [3.8, 4) is 5.75 Å². The highest BCUT2D eigenvalue weighted by molar-refractivity contribution is 5.80. The number of hydrogen-bond acceptors (Lipinski definition) is 5. The predicted molar refractivity (Wildman–Crippen MR) is 69.5 cm³/mol. The molecular weight excluding hydrogens is 250 g/mol. The van der Waals surface area contributed by atoms with Gasteiger partial charge in [-0.25, -0.2) is 5.84 Å². The van der Waals surface area contributed by atoms with Crippen LogP contribution in [0.5, 0.6) is 5.75 Å². The van der Waals surface area contributed by atoms with Crippen LogP contribution in [0.4, 0.5) is 5.69 Å². The Hall–Kier alpha value is -2.15. The van der Waals surface area contributed by atoms with Crippen LogP contribution in [0.25, 0.3) is 0 Å². The molecule has 0 radical (unpaired) electrons. The van der Waals surface area contributed by atoms with Gasteiger partial charge in [0.15, 0.2) is 6.10 Å². The van der Waals surface area contributed by atoms with Gasteiger partial charge in [0, 0.05) is 11.6 Å². The molecule has 7 heteroatoms. The quantitative estimate of drug-likeness (QED) is 0.351. The zero-order valence-electron chi connectivity index (χ0n) is 10.9. The van der Waals surface area contributed by atoms with E-state index in [1.165, 1.54) is 18.2 Å². The molecule has 1 aromatic carbocycles. The predicted octanol–water partition coefficient (Wildman–Crippen LogP) is 1.44. The number of nitrogens with one attached hydrogen (secondary N) is 1. The summed E-state index contributed by atoms with van der Waals surface area (Å²) in [6.07, 6.45) is 0.569. The Balaban J connectivity index is 2.88. The van der Waals surface area contributed by atoms with Crippen LogP contribution < -0.4 is 16.0 Å². The van der Waals surface area contributed by atoms with Gasteiger partial charge in [0.1, 0.15) is 5.75 Å². The molecule has 0 aliphatic rings. The summed E-state index contributed by atoms with van der Waals surface area (Å²) < 4.78 is 5.51. The molecule has 3 N–H and O–H groups in total. The summed E-state index contributed by atoms with van der Waals surface area (Å²) in [7, 11) is 0. The van der Waals surface area contributed by atoms with Crippen LogP contribution in [0.3, 0.4) is 0 Å². The number of ether oxygens (including phenoxy) is 1. The normalized spacial score (nSPS) is 11.7. The first-order valence-electron chi connectivity index (χ1n) is 5.91. The third-order valence-electron chi connectivity index (χ3n) is 2.63. The van der Waals surface area contributed by atoms with Gasteiger partial charge in [0.05, 0.1) is 4.92 Å². The Labute approximate surface area is 110 Å². The lowest BCUT2D eigenvalue weighted by Gasteiger charge is -2.17. The molecule has 19 heavy (non-hydrogen) atoms. The number of hydrogen-bond donors (Lipinski definition) is 2. The molecule has 1 atom stereocenters. The zero-order chi connectivity index (χ0) is 14.4. The third kappa shape index (κ3) is 3.92. The molecule has 0 heterocycles. The van der Waals surface area contributed by atoms with Crippen molar-refractivity contribution in [1.29, 1.82) is 0 Å². The summed E-state index contributed by atoms with van der Waals surface area (Å²) in [4.78, 5) is 21.7. The number of nitrogens with two attached hydrogens (primary N) is 1. The molecule has 0 aliphatic heterocycles. The molecule has 0 saturated heterocycles. The average Bonchev–Trinajstić information content (AvgIpc) is 2.37. The van der Waals surface area contributed by atoms with Gasteiger partial charge in [0.25, 0.3) is 11.6 Å². The second-order valence-corrected chi connectivity index (χ2v) is 4.11. The Morgan fingerprint density at radius 3 is 2.74 bits per heavy atom. The maximum absolute atomic E-state index is 11.5. The van der Waals surface area contributed by atoms with Gasteiger partial charge >= 0.3 is 0 Å². The van der Waals surface area contributed by atoms with E-state index in [0.29, 0.717) is 17.7 Å². The smallest absolute Gasteiger partial charge is 0.274 e. The van der Waals surface area contributed by atoms with Crippen molar-refractivity contribution in [1.82, 2.24) is 5.43 Å². The summed E-state index contributed by atoms with van der Waals surface area (Å²) in [6, 6.07) is 4.36. The van der Waals surface area contributed by atoms with Gasteiger partial charge < -0.3 is 4.74 Å². The monoisotopic (exact) mass is 267 g/mol. The maximum Gasteiger partial charge on any atom is 0.274 e. The topological polar surface area (TPSA) is 107 Å². The number of carbonyl (C=O) groups excluding carboxylic acids is 1. The Kier molecular flexibility index (Phi) is 5.25. The van der Waals surface area contributed by atoms with Crippen LogP contribution in [0.15, 0.2) is 18.2 Å². The van der Waals surface area contributed by atoms with Crippen LogP contribution in [-0.2, 0) is 4.79 Å². The lowest BCUT2D eigenvalue weighted by atomic mass is 10.1. The fraction of sp³-hybridized carbons (Fsp3) is 0.417. The molecule has 1 unspecified atom stereocenters. The van der Waals surface area contributed by atoms with Crippen molar-refractivity contribution >= 4 is 11.6 Å². The average molecular weight is 267 g/mol. The van der Waals surface area contributed by atoms with E-state index in [4.69, 9.17) is 10.6 Å². The molecule has 104 valence electrons. The Bertz CT molecular complexity index is 476. The fourth-order valence-corrected chi connectivity index (χ4v) is 1.67. The molecule has 0 spiro atoms. The number of aryl methyl sites for hydroxylation is 1. The second-order valence-electron chi connectivity index (χ2n) is 4.11. The summed E-state index contributed by atoms with van der Waals surface area (Å²) in [6.45, 7) is 3.53. The van der Waals surface area contributed by atoms with Gasteiger partial charge in [-0.1, -0.05) is 13.3 Å². The first kappa shape index (κ1) is 14.9. The van der Waals surface area contributed by atoms with Crippen LogP contribution in [-0.4, -0.2) is 16.9 Å². The summed E-state index contributed by atoms with van der Waals surface area (Å²) in [5.74, 6) is 5.07. The van der Waals surface area contributed by atoms with Crippen molar-refractivity contribution in [3.05, 3.63) is 33.9 Å². The molecule has 0 bridgehead atoms. The van der Waals surface area contributed by atoms with E-state index in [-0.39, 0.29) is 5.69 Å². The number of nitrogens with zero attached hydrogens (tertiary/aromatic N) is 1. The SMILES string of the molecule is CCCC(Oc1ccc([N+](=O)[O-])c(C)c1)C(=O)NN. The van der Waals surface area contributed by atoms with Crippen LogP contribution >= 0.6 is 0 Å². The molecule has 0 aromatic heterocycles. The zero-order valence-corrected chi connectivity index (χ0v) is 10.9. The molecule has 7 nitrogen and oxygen atoms in total. The maximum atomic E-state index is 11.5. The van der Waals surface area contributed by atoms with E-state index in [9.17, 15) is 14.9 Å². The summed E-state index contributed by atoms with van der Waals surface area (Å²) in [5, 5.41) is 10.7. The van der Waals surface area contributed by atoms with Crippen molar-refractivity contribution < 1.29 is 14.5 Å². The van der Waals surface area contributed by atoms with Crippen LogP contribution in [0, 0.1) is 17.0 Å². The highest BCUT2D eigenvalue weighted by Gasteiger charge is 2.19. The minimum atomic E-state index is -0.698. The van der Waals surface area contributed by atoms with Crippen molar-refractivity contribution in [2.24, 2.45) is 5.84 Å². The number of benzene rings is 1. The van der Waals surface area contributed by atoms with E-state index >= 15 is 0 Å². The minimum Gasteiger partial charge on any atom is -0.481 e. The third-order valence-corrected chi connectivity index (χ3v) is 2.63. The fourth-order valence-electron chi connectivity index (χ4n) is 1.67. The molecule has 1 aromatic rings. The van der Waals surface area contributed by atoms with E-state index in [2.05, 4.69) is 0 Å². The highest BCUT2D eigenvalue weighted by atomic mass is 16.6. The van der Waals surface area contributed by atoms with Gasteiger partial charge in [-0.2, -0.15) is 0 Å². The lowest BCUT2D eigenvalue weighted by molar-refractivity contribution is -0.385. The van der Waals surface area contributed by atoms with E-state index in [0.717, 1.165) is 6.42 Å². The second kappa shape index (κ2) is 6.69. The first-order chi connectivity index (χ1) is 8.99. The molecule has 1 rings (SSSR count). The number of rotatable bonds is 6. The molecular formula is C12H17N3O4. The molecule has 0 saturated carbocycles. The minimum absolute atomic E-state index is 0.0164. The summed E-state index contributed by atoms with van der Waals surface area (Å²) in [5.41, 5.74) is 2.54. The standard InChI is InChI=1S/C12H17N3O4/c1-3-4-11(12(16)14-13)19-9-5-6-10(15(17)18)8(2)7-9/h5-7,11H,3-4,13H2,1-2H3,(H,14,16). The highest BCUT2D eigenvalue weighted by Crippen LogP contribution is 2.24. The van der Waals surface area contributed by atoms with E-state index < -0.39 is 16.9 Å². The van der Waals surface area contributed by atoms with Gasteiger partial charge in [-0.15, -0.1) is 0 Å². The first-order valence-corrected chi connectivity index (χ1v) is 5.91. The van der Waals surface area contributed by atoms with Crippen molar-refractivity contribution in [2.45, 2.75) is 32.8 Å². The van der Waals surface area contributed by atoms with Crippen LogP contribution in [0.1, 0.15) is 25.3 Å². The number of hydrazine groups is 1.